The fraction of sp³-hybridized carbons (Fsp3) is 0.583. The number of ether oxygens (including phenoxy) is 4. The summed E-state index contributed by atoms with van der Waals surface area (Å²) in [5.74, 6) is 1.95. The molecule has 2 aromatic carbocycles. The van der Waals surface area contributed by atoms with Gasteiger partial charge >= 0.3 is 0 Å². The fourth-order valence-corrected chi connectivity index (χ4v) is 3.75. The molecule has 0 amide bonds. The second-order valence-corrected chi connectivity index (χ2v) is 7.42. The Morgan fingerprint density at radius 2 is 1.18 bits per heavy atom. The molecule has 28 heavy (non-hydrogen) atoms. The lowest BCUT2D eigenvalue weighted by molar-refractivity contribution is 0.0121. The van der Waals surface area contributed by atoms with Crippen molar-refractivity contribution in [1.29, 1.82) is 0 Å². The highest BCUT2D eigenvalue weighted by molar-refractivity contribution is 5.96. The van der Waals surface area contributed by atoms with E-state index in [0.29, 0.717) is 13.6 Å². The highest BCUT2D eigenvalue weighted by Gasteiger charge is 2.23. The molecule has 0 N–H and O–H groups in total. The minimum absolute atomic E-state index is 0.302. The summed E-state index contributed by atoms with van der Waals surface area (Å²) < 4.78 is 23.7. The van der Waals surface area contributed by atoms with Crippen molar-refractivity contribution >= 4 is 10.8 Å². The Morgan fingerprint density at radius 1 is 0.714 bits per heavy atom. The zero-order valence-electron chi connectivity index (χ0n) is 17.4. The van der Waals surface area contributed by atoms with Gasteiger partial charge in [-0.1, -0.05) is 51.0 Å². The molecular formula is C24H34O4. The van der Waals surface area contributed by atoms with Crippen LogP contribution in [0.5, 0.6) is 11.5 Å². The number of hydrogen-bond acceptors (Lipinski definition) is 4. The van der Waals surface area contributed by atoms with Crippen molar-refractivity contribution < 1.29 is 18.9 Å². The molecule has 2 aromatic rings. The molecule has 4 heteroatoms. The molecule has 154 valence electrons. The van der Waals surface area contributed by atoms with Gasteiger partial charge in [0.25, 0.3) is 0 Å². The van der Waals surface area contributed by atoms with Gasteiger partial charge in [0.2, 0.25) is 0 Å². The molecule has 1 aliphatic carbocycles. The van der Waals surface area contributed by atoms with Crippen LogP contribution in [0, 0.1) is 0 Å². The van der Waals surface area contributed by atoms with Crippen LogP contribution in [0.15, 0.2) is 24.3 Å². The van der Waals surface area contributed by atoms with Gasteiger partial charge in [-0.25, -0.2) is 0 Å². The van der Waals surface area contributed by atoms with Gasteiger partial charge in [0.05, 0.1) is 13.2 Å². The van der Waals surface area contributed by atoms with Gasteiger partial charge < -0.3 is 18.9 Å². The van der Waals surface area contributed by atoms with Crippen LogP contribution in [-0.4, -0.2) is 26.8 Å². The van der Waals surface area contributed by atoms with E-state index < -0.39 is 0 Å². The maximum absolute atomic E-state index is 6.17. The van der Waals surface area contributed by atoms with E-state index in [1.165, 1.54) is 24.0 Å². The smallest absolute Gasteiger partial charge is 0.189 e. The largest absolute Gasteiger partial charge is 0.467 e. The quantitative estimate of drug-likeness (QED) is 0.330. The molecule has 1 aliphatic rings. The predicted molar refractivity (Wildman–Crippen MR) is 113 cm³/mol. The first-order chi connectivity index (χ1) is 13.9. The van der Waals surface area contributed by atoms with E-state index in [4.69, 9.17) is 18.9 Å². The Bertz CT molecular complexity index is 678. The molecule has 0 atom stereocenters. The third-order valence-electron chi connectivity index (χ3n) is 5.29. The SMILES string of the molecule is CCCCOCOc1c2c(c(OCOCCCC)c3ccccc13)CCCC2. The summed E-state index contributed by atoms with van der Waals surface area (Å²) in [4.78, 5) is 0. The molecule has 0 unspecified atom stereocenters. The predicted octanol–water partition coefficient (Wildman–Crippen LogP) is 6.02. The molecule has 0 aliphatic heterocycles. The van der Waals surface area contributed by atoms with Gasteiger partial charge in [0.1, 0.15) is 11.5 Å². The first kappa shape index (κ1) is 20.9. The third kappa shape index (κ3) is 5.18. The van der Waals surface area contributed by atoms with E-state index in [1.54, 1.807) is 0 Å². The van der Waals surface area contributed by atoms with Crippen LogP contribution in [0.2, 0.25) is 0 Å². The highest BCUT2D eigenvalue weighted by atomic mass is 16.7. The first-order valence-electron chi connectivity index (χ1n) is 10.8. The van der Waals surface area contributed by atoms with Gasteiger partial charge in [-0.05, 0) is 38.5 Å². The second-order valence-electron chi connectivity index (χ2n) is 7.42. The molecule has 0 spiro atoms. The lowest BCUT2D eigenvalue weighted by Crippen LogP contribution is -2.13. The van der Waals surface area contributed by atoms with E-state index in [0.717, 1.165) is 74.0 Å². The lowest BCUT2D eigenvalue weighted by Gasteiger charge is -2.25. The van der Waals surface area contributed by atoms with Crippen molar-refractivity contribution in [2.45, 2.75) is 65.2 Å². The van der Waals surface area contributed by atoms with Crippen LogP contribution in [0.25, 0.3) is 10.8 Å². The number of rotatable bonds is 12. The van der Waals surface area contributed by atoms with Gasteiger partial charge in [-0.15, -0.1) is 0 Å². The van der Waals surface area contributed by atoms with Crippen molar-refractivity contribution in [1.82, 2.24) is 0 Å². The van der Waals surface area contributed by atoms with Crippen molar-refractivity contribution in [2.24, 2.45) is 0 Å². The minimum atomic E-state index is 0.302. The normalized spacial score (nSPS) is 13.5. The first-order valence-corrected chi connectivity index (χ1v) is 10.8. The zero-order valence-corrected chi connectivity index (χ0v) is 17.4. The van der Waals surface area contributed by atoms with Gasteiger partial charge in [-0.2, -0.15) is 0 Å². The summed E-state index contributed by atoms with van der Waals surface area (Å²) >= 11 is 0. The molecule has 0 fully saturated rings. The van der Waals surface area contributed by atoms with Gasteiger partial charge in [-0.3, -0.25) is 0 Å². The Balaban J connectivity index is 1.86. The summed E-state index contributed by atoms with van der Waals surface area (Å²) in [5.41, 5.74) is 2.57. The number of benzene rings is 2. The standard InChI is InChI=1S/C24H34O4/c1-3-5-15-25-17-27-23-19-11-7-9-13-21(19)24(28-18-26-16-6-4-2)22-14-10-8-12-20(22)23/h7,9,11,13H,3-6,8,10,12,14-18H2,1-2H3. The molecule has 0 aromatic heterocycles. The molecule has 3 rings (SSSR count). The Labute approximate surface area is 169 Å². The van der Waals surface area contributed by atoms with E-state index in [9.17, 15) is 0 Å². The van der Waals surface area contributed by atoms with E-state index in [2.05, 4.69) is 38.1 Å². The number of fused-ring (bicyclic) bond motifs is 2. The van der Waals surface area contributed by atoms with Crippen LogP contribution in [-0.2, 0) is 22.3 Å². The van der Waals surface area contributed by atoms with Crippen LogP contribution >= 0.6 is 0 Å². The van der Waals surface area contributed by atoms with Crippen LogP contribution in [0.1, 0.15) is 63.5 Å². The number of hydrogen-bond donors (Lipinski definition) is 0. The molecule has 0 heterocycles. The molecule has 0 saturated carbocycles. The van der Waals surface area contributed by atoms with Gasteiger partial charge in [0, 0.05) is 21.9 Å². The maximum Gasteiger partial charge on any atom is 0.189 e. The molecule has 0 radical (unpaired) electrons. The number of unbranched alkanes of at least 4 members (excludes halogenated alkanes) is 2. The van der Waals surface area contributed by atoms with E-state index in [1.807, 2.05) is 0 Å². The minimum Gasteiger partial charge on any atom is -0.467 e. The average molecular weight is 387 g/mol. The molecular weight excluding hydrogens is 352 g/mol. The Kier molecular flexibility index (Phi) is 8.43. The van der Waals surface area contributed by atoms with Crippen LogP contribution in [0.3, 0.4) is 0 Å². The fourth-order valence-electron chi connectivity index (χ4n) is 3.75. The van der Waals surface area contributed by atoms with E-state index in [-0.39, 0.29) is 0 Å². The monoisotopic (exact) mass is 386 g/mol. The van der Waals surface area contributed by atoms with E-state index >= 15 is 0 Å². The summed E-state index contributed by atoms with van der Waals surface area (Å²) in [6, 6.07) is 8.36. The Hall–Kier alpha value is -1.78. The maximum atomic E-state index is 6.17. The second kappa shape index (κ2) is 11.3. The molecule has 4 nitrogen and oxygen atoms in total. The summed E-state index contributed by atoms with van der Waals surface area (Å²) in [5, 5.41) is 2.21. The topological polar surface area (TPSA) is 36.9 Å². The lowest BCUT2D eigenvalue weighted by atomic mass is 9.87. The van der Waals surface area contributed by atoms with Crippen molar-refractivity contribution in [3.8, 4) is 11.5 Å². The van der Waals surface area contributed by atoms with Crippen molar-refractivity contribution in [3.63, 3.8) is 0 Å². The van der Waals surface area contributed by atoms with Gasteiger partial charge in [0.15, 0.2) is 13.6 Å². The Morgan fingerprint density at radius 3 is 1.61 bits per heavy atom. The third-order valence-corrected chi connectivity index (χ3v) is 5.29. The molecule has 0 saturated heterocycles. The highest BCUT2D eigenvalue weighted by Crippen LogP contribution is 2.44. The summed E-state index contributed by atoms with van der Waals surface area (Å²) in [6.45, 7) is 6.42. The summed E-state index contributed by atoms with van der Waals surface area (Å²) in [6.07, 6.45) is 8.81. The average Bonchev–Trinajstić information content (AvgIpc) is 2.74. The van der Waals surface area contributed by atoms with Crippen molar-refractivity contribution in [3.05, 3.63) is 35.4 Å². The van der Waals surface area contributed by atoms with Crippen LogP contribution < -0.4 is 9.47 Å². The van der Waals surface area contributed by atoms with Crippen LogP contribution in [0.4, 0.5) is 0 Å². The summed E-state index contributed by atoms with van der Waals surface area (Å²) in [7, 11) is 0. The molecule has 0 bridgehead atoms. The van der Waals surface area contributed by atoms with Crippen molar-refractivity contribution in [2.75, 3.05) is 26.8 Å². The zero-order chi connectivity index (χ0) is 19.6.